The SMILES string of the molecule is CCCC1(Cc2ccc(O)cc2)CCCCN1. The Balaban J connectivity index is 2.08. The highest BCUT2D eigenvalue weighted by Gasteiger charge is 2.30. The molecule has 1 aliphatic heterocycles. The van der Waals surface area contributed by atoms with Crippen LogP contribution in [0.2, 0.25) is 0 Å². The van der Waals surface area contributed by atoms with Crippen LogP contribution < -0.4 is 5.32 Å². The van der Waals surface area contributed by atoms with Gasteiger partial charge in [0, 0.05) is 5.54 Å². The number of benzene rings is 1. The molecule has 17 heavy (non-hydrogen) atoms. The Kier molecular flexibility index (Phi) is 4.06. The molecular formula is C15H23NO. The van der Waals surface area contributed by atoms with Gasteiger partial charge in [0.1, 0.15) is 5.75 Å². The molecule has 1 aromatic rings. The smallest absolute Gasteiger partial charge is 0.115 e. The van der Waals surface area contributed by atoms with Gasteiger partial charge in [-0.15, -0.1) is 0 Å². The fourth-order valence-corrected chi connectivity index (χ4v) is 2.97. The zero-order valence-electron chi connectivity index (χ0n) is 10.7. The van der Waals surface area contributed by atoms with E-state index in [-0.39, 0.29) is 0 Å². The molecule has 2 N–H and O–H groups in total. The van der Waals surface area contributed by atoms with E-state index in [1.54, 1.807) is 12.1 Å². The van der Waals surface area contributed by atoms with Crippen LogP contribution >= 0.6 is 0 Å². The molecule has 94 valence electrons. The molecule has 0 radical (unpaired) electrons. The van der Waals surface area contributed by atoms with Gasteiger partial charge in [0.25, 0.3) is 0 Å². The van der Waals surface area contributed by atoms with Crippen LogP contribution in [0.5, 0.6) is 5.75 Å². The minimum Gasteiger partial charge on any atom is -0.508 e. The maximum absolute atomic E-state index is 9.31. The summed E-state index contributed by atoms with van der Waals surface area (Å²) in [5.41, 5.74) is 1.62. The van der Waals surface area contributed by atoms with Gasteiger partial charge in [-0.1, -0.05) is 31.9 Å². The molecule has 0 spiro atoms. The van der Waals surface area contributed by atoms with E-state index >= 15 is 0 Å². The van der Waals surface area contributed by atoms with Gasteiger partial charge >= 0.3 is 0 Å². The van der Waals surface area contributed by atoms with Crippen molar-refractivity contribution in [2.45, 2.75) is 51.0 Å². The van der Waals surface area contributed by atoms with Crippen LogP contribution in [-0.4, -0.2) is 17.2 Å². The Morgan fingerprint density at radius 3 is 2.59 bits per heavy atom. The largest absolute Gasteiger partial charge is 0.508 e. The third kappa shape index (κ3) is 3.22. The Bertz CT molecular complexity index is 333. The van der Waals surface area contributed by atoms with Crippen molar-refractivity contribution in [2.75, 3.05) is 6.54 Å². The Hall–Kier alpha value is -1.02. The van der Waals surface area contributed by atoms with E-state index in [2.05, 4.69) is 12.2 Å². The summed E-state index contributed by atoms with van der Waals surface area (Å²) in [5, 5.41) is 13.0. The maximum atomic E-state index is 9.31. The Morgan fingerprint density at radius 1 is 1.24 bits per heavy atom. The van der Waals surface area contributed by atoms with E-state index in [0.29, 0.717) is 11.3 Å². The van der Waals surface area contributed by atoms with Crippen LogP contribution in [0.25, 0.3) is 0 Å². The number of hydrogen-bond donors (Lipinski definition) is 2. The molecule has 1 fully saturated rings. The zero-order chi connectivity index (χ0) is 12.1. The highest BCUT2D eigenvalue weighted by atomic mass is 16.3. The highest BCUT2D eigenvalue weighted by molar-refractivity contribution is 5.27. The van der Waals surface area contributed by atoms with Crippen molar-refractivity contribution in [3.63, 3.8) is 0 Å². The molecule has 0 aromatic heterocycles. The average Bonchev–Trinajstić information content (AvgIpc) is 2.34. The van der Waals surface area contributed by atoms with Crippen LogP contribution in [-0.2, 0) is 6.42 Å². The highest BCUT2D eigenvalue weighted by Crippen LogP contribution is 2.28. The molecule has 1 atom stereocenters. The van der Waals surface area contributed by atoms with Gasteiger partial charge in [0.2, 0.25) is 0 Å². The first-order valence-corrected chi connectivity index (χ1v) is 6.77. The van der Waals surface area contributed by atoms with Gasteiger partial charge in [-0.25, -0.2) is 0 Å². The van der Waals surface area contributed by atoms with E-state index in [1.807, 2.05) is 12.1 Å². The number of piperidine rings is 1. The molecule has 0 aliphatic carbocycles. The third-order valence-corrected chi connectivity index (χ3v) is 3.79. The van der Waals surface area contributed by atoms with Crippen molar-refractivity contribution in [3.8, 4) is 5.75 Å². The summed E-state index contributed by atoms with van der Waals surface area (Å²) in [7, 11) is 0. The molecule has 1 aliphatic rings. The molecule has 0 bridgehead atoms. The third-order valence-electron chi connectivity index (χ3n) is 3.79. The minimum atomic E-state index is 0.296. The van der Waals surface area contributed by atoms with E-state index in [1.165, 1.54) is 37.7 Å². The lowest BCUT2D eigenvalue weighted by Crippen LogP contribution is -2.50. The predicted octanol–water partition coefficient (Wildman–Crippen LogP) is 3.25. The van der Waals surface area contributed by atoms with Crippen LogP contribution in [0.4, 0.5) is 0 Å². The standard InChI is InChI=1S/C15H23NO/c1-2-9-15(10-3-4-11-16-15)12-13-5-7-14(17)8-6-13/h5-8,16-17H,2-4,9-12H2,1H3. The first kappa shape index (κ1) is 12.4. The van der Waals surface area contributed by atoms with Gasteiger partial charge in [-0.2, -0.15) is 0 Å². The van der Waals surface area contributed by atoms with Gasteiger partial charge in [0.05, 0.1) is 0 Å². The van der Waals surface area contributed by atoms with Crippen molar-refractivity contribution < 1.29 is 5.11 Å². The molecule has 2 nitrogen and oxygen atoms in total. The summed E-state index contributed by atoms with van der Waals surface area (Å²) in [6.45, 7) is 3.41. The van der Waals surface area contributed by atoms with E-state index in [4.69, 9.17) is 0 Å². The summed E-state index contributed by atoms with van der Waals surface area (Å²) in [6.07, 6.45) is 7.48. The number of phenolic OH excluding ortho intramolecular Hbond substituents is 1. The monoisotopic (exact) mass is 233 g/mol. The van der Waals surface area contributed by atoms with Crippen molar-refractivity contribution in [3.05, 3.63) is 29.8 Å². The molecule has 2 rings (SSSR count). The lowest BCUT2D eigenvalue weighted by atomic mass is 9.80. The summed E-state index contributed by atoms with van der Waals surface area (Å²) in [6, 6.07) is 7.67. The van der Waals surface area contributed by atoms with Gasteiger partial charge < -0.3 is 10.4 Å². The lowest BCUT2D eigenvalue weighted by molar-refractivity contribution is 0.233. The molecule has 0 amide bonds. The normalized spacial score (nSPS) is 24.8. The topological polar surface area (TPSA) is 32.3 Å². The number of hydrogen-bond acceptors (Lipinski definition) is 2. The first-order chi connectivity index (χ1) is 8.24. The second kappa shape index (κ2) is 5.54. The van der Waals surface area contributed by atoms with Crippen molar-refractivity contribution in [1.82, 2.24) is 5.32 Å². The van der Waals surface area contributed by atoms with Gasteiger partial charge in [-0.05, 0) is 49.9 Å². The second-order valence-corrected chi connectivity index (χ2v) is 5.26. The zero-order valence-corrected chi connectivity index (χ0v) is 10.7. The van der Waals surface area contributed by atoms with Crippen molar-refractivity contribution in [2.24, 2.45) is 0 Å². The molecule has 0 saturated carbocycles. The van der Waals surface area contributed by atoms with E-state index in [0.717, 1.165) is 13.0 Å². The molecule has 1 saturated heterocycles. The second-order valence-electron chi connectivity index (χ2n) is 5.26. The lowest BCUT2D eigenvalue weighted by Gasteiger charge is -2.39. The fraction of sp³-hybridized carbons (Fsp3) is 0.600. The summed E-state index contributed by atoms with van der Waals surface area (Å²) >= 11 is 0. The molecule has 1 aromatic carbocycles. The van der Waals surface area contributed by atoms with E-state index < -0.39 is 0 Å². The number of nitrogens with one attached hydrogen (secondary N) is 1. The molecule has 1 unspecified atom stereocenters. The first-order valence-electron chi connectivity index (χ1n) is 6.77. The molecule has 2 heteroatoms. The molecule has 1 heterocycles. The summed E-state index contributed by atoms with van der Waals surface area (Å²) in [4.78, 5) is 0. The summed E-state index contributed by atoms with van der Waals surface area (Å²) < 4.78 is 0. The summed E-state index contributed by atoms with van der Waals surface area (Å²) in [5.74, 6) is 0.356. The van der Waals surface area contributed by atoms with Crippen LogP contribution in [0.15, 0.2) is 24.3 Å². The number of rotatable bonds is 4. The average molecular weight is 233 g/mol. The van der Waals surface area contributed by atoms with Crippen LogP contribution in [0.3, 0.4) is 0 Å². The Labute approximate surface area is 104 Å². The van der Waals surface area contributed by atoms with Gasteiger partial charge in [0.15, 0.2) is 0 Å². The quantitative estimate of drug-likeness (QED) is 0.836. The Morgan fingerprint density at radius 2 is 2.00 bits per heavy atom. The van der Waals surface area contributed by atoms with Crippen LogP contribution in [0.1, 0.15) is 44.6 Å². The maximum Gasteiger partial charge on any atom is 0.115 e. The molecular weight excluding hydrogens is 210 g/mol. The van der Waals surface area contributed by atoms with Crippen LogP contribution in [0, 0.1) is 0 Å². The predicted molar refractivity (Wildman–Crippen MR) is 71.3 cm³/mol. The van der Waals surface area contributed by atoms with E-state index in [9.17, 15) is 5.11 Å². The number of phenols is 1. The fourth-order valence-electron chi connectivity index (χ4n) is 2.97. The van der Waals surface area contributed by atoms with Crippen molar-refractivity contribution >= 4 is 0 Å². The van der Waals surface area contributed by atoms with Crippen molar-refractivity contribution in [1.29, 1.82) is 0 Å². The minimum absolute atomic E-state index is 0.296. The number of aromatic hydroxyl groups is 1. The van der Waals surface area contributed by atoms with Gasteiger partial charge in [-0.3, -0.25) is 0 Å².